The van der Waals surface area contributed by atoms with E-state index < -0.39 is 12.0 Å². The van der Waals surface area contributed by atoms with Crippen LogP contribution >= 0.6 is 0 Å². The number of benzene rings is 1. The van der Waals surface area contributed by atoms with Crippen LogP contribution in [-0.2, 0) is 9.59 Å². The van der Waals surface area contributed by atoms with Gasteiger partial charge in [-0.1, -0.05) is 6.07 Å². The largest absolute Gasteiger partial charge is 0.480 e. The first kappa shape index (κ1) is 14.5. The lowest BCUT2D eigenvalue weighted by atomic mass is 10.1. The normalized spacial score (nSPS) is 11.2. The minimum atomic E-state index is -1.14. The summed E-state index contributed by atoms with van der Waals surface area (Å²) < 4.78 is 0. The lowest BCUT2D eigenvalue weighted by Crippen LogP contribution is -2.34. The summed E-state index contributed by atoms with van der Waals surface area (Å²) in [7, 11) is 0. The zero-order chi connectivity index (χ0) is 14.3. The molecule has 0 saturated carbocycles. The van der Waals surface area contributed by atoms with Crippen LogP contribution in [-0.4, -0.2) is 23.0 Å². The fraction of sp³-hybridized carbons (Fsp3) is 0.250. The van der Waals surface area contributed by atoms with E-state index in [9.17, 15) is 9.59 Å². The molecule has 1 rings (SSSR count). The topological polar surface area (TPSA) is 128 Å². The summed E-state index contributed by atoms with van der Waals surface area (Å²) in [6.45, 7) is 0. The number of carbonyl (C=O) groups is 2. The van der Waals surface area contributed by atoms with Gasteiger partial charge in [-0.2, -0.15) is 5.26 Å². The van der Waals surface area contributed by atoms with Crippen molar-refractivity contribution in [3.05, 3.63) is 29.8 Å². The SMILES string of the molecule is N#Cc1cccc(NNC(=O)CC[C@@H](N)C(=O)O)c1. The minimum absolute atomic E-state index is 0.00158. The van der Waals surface area contributed by atoms with E-state index in [0.717, 1.165) is 0 Å². The highest BCUT2D eigenvalue weighted by atomic mass is 16.4. The average molecular weight is 262 g/mol. The Morgan fingerprint density at radius 2 is 2.21 bits per heavy atom. The molecule has 0 unspecified atom stereocenters. The van der Waals surface area contributed by atoms with Crippen LogP contribution in [0.5, 0.6) is 0 Å². The molecule has 7 nitrogen and oxygen atoms in total. The van der Waals surface area contributed by atoms with Gasteiger partial charge in [-0.05, 0) is 24.6 Å². The standard InChI is InChI=1S/C12H14N4O3/c13-7-8-2-1-3-9(6-8)15-16-11(17)5-4-10(14)12(18)19/h1-3,6,10,15H,4-5,14H2,(H,16,17)(H,18,19)/t10-/m1/s1. The zero-order valence-electron chi connectivity index (χ0n) is 10.1. The summed E-state index contributed by atoms with van der Waals surface area (Å²) in [5, 5.41) is 17.3. The molecule has 0 heterocycles. The second kappa shape index (κ2) is 6.98. The molecule has 1 amide bonds. The van der Waals surface area contributed by atoms with Crippen LogP contribution in [0.15, 0.2) is 24.3 Å². The molecule has 0 aliphatic carbocycles. The number of hydrazine groups is 1. The first-order valence-corrected chi connectivity index (χ1v) is 5.56. The van der Waals surface area contributed by atoms with E-state index in [1.54, 1.807) is 24.3 Å². The van der Waals surface area contributed by atoms with Gasteiger partial charge in [0.1, 0.15) is 6.04 Å². The van der Waals surface area contributed by atoms with Crippen molar-refractivity contribution in [1.82, 2.24) is 5.43 Å². The van der Waals surface area contributed by atoms with E-state index in [1.807, 2.05) is 6.07 Å². The number of hydrogen-bond donors (Lipinski definition) is 4. The number of carbonyl (C=O) groups excluding carboxylic acids is 1. The number of carboxylic acid groups (broad SMARTS) is 1. The Balaban J connectivity index is 2.38. The molecule has 0 aliphatic rings. The van der Waals surface area contributed by atoms with Crippen LogP contribution in [0.25, 0.3) is 0 Å². The maximum absolute atomic E-state index is 11.4. The van der Waals surface area contributed by atoms with Crippen LogP contribution in [0, 0.1) is 11.3 Å². The van der Waals surface area contributed by atoms with E-state index in [4.69, 9.17) is 16.1 Å². The lowest BCUT2D eigenvalue weighted by molar-refractivity contribution is -0.138. The number of hydrogen-bond acceptors (Lipinski definition) is 5. The van der Waals surface area contributed by atoms with Crippen molar-refractivity contribution in [3.63, 3.8) is 0 Å². The summed E-state index contributed by atoms with van der Waals surface area (Å²) in [6.07, 6.45) is 0.0550. The molecule has 1 atom stereocenters. The highest BCUT2D eigenvalue weighted by Gasteiger charge is 2.13. The summed E-state index contributed by atoms with van der Waals surface area (Å²) in [5.74, 6) is -1.51. The Morgan fingerprint density at radius 3 is 2.84 bits per heavy atom. The second-order valence-electron chi connectivity index (χ2n) is 3.85. The smallest absolute Gasteiger partial charge is 0.320 e. The second-order valence-corrected chi connectivity index (χ2v) is 3.85. The number of carboxylic acids is 1. The van der Waals surface area contributed by atoms with E-state index in [-0.39, 0.29) is 18.7 Å². The van der Waals surface area contributed by atoms with E-state index in [1.165, 1.54) is 0 Å². The molecule has 0 aliphatic heterocycles. The van der Waals surface area contributed by atoms with Gasteiger partial charge < -0.3 is 10.8 Å². The van der Waals surface area contributed by atoms with Gasteiger partial charge in [-0.25, -0.2) is 0 Å². The zero-order valence-corrected chi connectivity index (χ0v) is 10.1. The van der Waals surface area contributed by atoms with E-state index >= 15 is 0 Å². The highest BCUT2D eigenvalue weighted by Crippen LogP contribution is 2.08. The molecule has 100 valence electrons. The third-order valence-corrected chi connectivity index (χ3v) is 2.34. The van der Waals surface area contributed by atoms with Crippen molar-refractivity contribution in [2.75, 3.05) is 5.43 Å². The van der Waals surface area contributed by atoms with Crippen LogP contribution < -0.4 is 16.6 Å². The summed E-state index contributed by atoms with van der Waals surface area (Å²) >= 11 is 0. The summed E-state index contributed by atoms with van der Waals surface area (Å²) in [5.41, 5.74) is 11.3. The highest BCUT2D eigenvalue weighted by molar-refractivity contribution is 5.79. The first-order valence-electron chi connectivity index (χ1n) is 5.56. The number of nitrogens with zero attached hydrogens (tertiary/aromatic N) is 1. The number of anilines is 1. The number of rotatable bonds is 6. The number of nitriles is 1. The van der Waals surface area contributed by atoms with E-state index in [0.29, 0.717) is 11.3 Å². The van der Waals surface area contributed by atoms with Crippen LogP contribution in [0.4, 0.5) is 5.69 Å². The number of nitrogens with one attached hydrogen (secondary N) is 2. The molecule has 1 aromatic carbocycles. The predicted molar refractivity (Wildman–Crippen MR) is 67.8 cm³/mol. The van der Waals surface area contributed by atoms with E-state index in [2.05, 4.69) is 10.9 Å². The van der Waals surface area contributed by atoms with Crippen LogP contribution in [0.1, 0.15) is 18.4 Å². The average Bonchev–Trinajstić information content (AvgIpc) is 2.42. The molecule has 0 aromatic heterocycles. The summed E-state index contributed by atoms with van der Waals surface area (Å²) in [6, 6.07) is 7.49. The van der Waals surface area contributed by atoms with Gasteiger partial charge in [0.05, 0.1) is 17.3 Å². The minimum Gasteiger partial charge on any atom is -0.480 e. The molecule has 19 heavy (non-hydrogen) atoms. The number of amides is 1. The Kier molecular flexibility index (Phi) is 5.32. The lowest BCUT2D eigenvalue weighted by Gasteiger charge is -2.09. The van der Waals surface area contributed by atoms with Gasteiger partial charge in [-0.15, -0.1) is 0 Å². The molecular weight excluding hydrogens is 248 g/mol. The fourth-order valence-corrected chi connectivity index (χ4v) is 1.28. The monoisotopic (exact) mass is 262 g/mol. The molecule has 0 bridgehead atoms. The van der Waals surface area contributed by atoms with Crippen molar-refractivity contribution in [3.8, 4) is 6.07 Å². The van der Waals surface area contributed by atoms with Gasteiger partial charge in [-0.3, -0.25) is 20.4 Å². The molecule has 5 N–H and O–H groups in total. The van der Waals surface area contributed by atoms with Gasteiger partial charge in [0, 0.05) is 6.42 Å². The third-order valence-electron chi connectivity index (χ3n) is 2.34. The van der Waals surface area contributed by atoms with Crippen molar-refractivity contribution in [2.24, 2.45) is 5.73 Å². The molecule has 0 saturated heterocycles. The third kappa shape index (κ3) is 5.06. The maximum atomic E-state index is 11.4. The number of nitrogens with two attached hydrogens (primary N) is 1. The predicted octanol–water partition coefficient (Wildman–Crippen LogP) is 0.193. The Labute approximate surface area is 110 Å². The number of aliphatic carboxylic acids is 1. The molecule has 0 fully saturated rings. The van der Waals surface area contributed by atoms with Crippen molar-refractivity contribution in [2.45, 2.75) is 18.9 Å². The van der Waals surface area contributed by atoms with Crippen molar-refractivity contribution in [1.29, 1.82) is 5.26 Å². The Morgan fingerprint density at radius 1 is 1.47 bits per heavy atom. The molecule has 7 heteroatoms. The Bertz CT molecular complexity index is 510. The van der Waals surface area contributed by atoms with Gasteiger partial charge >= 0.3 is 5.97 Å². The van der Waals surface area contributed by atoms with Crippen molar-refractivity contribution >= 4 is 17.6 Å². The van der Waals surface area contributed by atoms with Gasteiger partial charge in [0.2, 0.25) is 5.91 Å². The van der Waals surface area contributed by atoms with Gasteiger partial charge in [0.25, 0.3) is 0 Å². The van der Waals surface area contributed by atoms with Crippen molar-refractivity contribution < 1.29 is 14.7 Å². The summed E-state index contributed by atoms with van der Waals surface area (Å²) in [4.78, 5) is 21.9. The first-order chi connectivity index (χ1) is 9.02. The van der Waals surface area contributed by atoms with Crippen LogP contribution in [0.2, 0.25) is 0 Å². The van der Waals surface area contributed by atoms with Gasteiger partial charge in [0.15, 0.2) is 0 Å². The quantitative estimate of drug-likeness (QED) is 0.542. The molecule has 1 aromatic rings. The molecule has 0 spiro atoms. The van der Waals surface area contributed by atoms with Crippen LogP contribution in [0.3, 0.4) is 0 Å². The molecular formula is C12H14N4O3. The Hall–Kier alpha value is -2.59. The molecule has 0 radical (unpaired) electrons. The maximum Gasteiger partial charge on any atom is 0.320 e. The fourth-order valence-electron chi connectivity index (χ4n) is 1.28.